The summed E-state index contributed by atoms with van der Waals surface area (Å²) in [6.07, 6.45) is 2.70. The van der Waals surface area contributed by atoms with Crippen LogP contribution in [-0.4, -0.2) is 71.1 Å². The Labute approximate surface area is 195 Å². The van der Waals surface area contributed by atoms with Crippen molar-refractivity contribution in [3.05, 3.63) is 42.2 Å². The summed E-state index contributed by atoms with van der Waals surface area (Å²) in [5, 5.41) is 8.67. The number of carbonyl (C=O) groups is 2. The Bertz CT molecular complexity index is 917. The fourth-order valence-corrected chi connectivity index (χ4v) is 3.91. The van der Waals surface area contributed by atoms with Crippen molar-refractivity contribution in [2.24, 2.45) is 5.92 Å². The van der Waals surface area contributed by atoms with Gasteiger partial charge in [-0.2, -0.15) is 0 Å². The maximum Gasteiger partial charge on any atom is 0.242 e. The first kappa shape index (κ1) is 24.6. The number of halogens is 1. The highest BCUT2D eigenvalue weighted by molar-refractivity contribution is 5.85. The molecule has 0 aliphatic carbocycles. The summed E-state index contributed by atoms with van der Waals surface area (Å²) in [7, 11) is 0. The van der Waals surface area contributed by atoms with Gasteiger partial charge in [0.15, 0.2) is 5.82 Å². The molecule has 1 aliphatic rings. The number of nitrogens with zero attached hydrogens (tertiary/aromatic N) is 5. The van der Waals surface area contributed by atoms with E-state index in [4.69, 9.17) is 0 Å². The Hall–Kier alpha value is -3.03. The van der Waals surface area contributed by atoms with Crippen molar-refractivity contribution in [3.8, 4) is 11.3 Å². The summed E-state index contributed by atoms with van der Waals surface area (Å²) in [4.78, 5) is 31.2. The molecule has 8 heteroatoms. The van der Waals surface area contributed by atoms with Gasteiger partial charge in [-0.15, -0.1) is 10.2 Å². The van der Waals surface area contributed by atoms with E-state index in [-0.39, 0.29) is 30.1 Å². The Balaban J connectivity index is 1.59. The Morgan fingerprint density at radius 1 is 1.03 bits per heavy atom. The number of hydrogen-bond acceptors (Lipinski definition) is 5. The summed E-state index contributed by atoms with van der Waals surface area (Å²) in [6, 6.07) is 9.97. The lowest BCUT2D eigenvalue weighted by Gasteiger charge is -2.28. The lowest BCUT2D eigenvalue weighted by molar-refractivity contribution is -0.142. The van der Waals surface area contributed by atoms with Gasteiger partial charge in [0.2, 0.25) is 11.8 Å². The van der Waals surface area contributed by atoms with Gasteiger partial charge >= 0.3 is 0 Å². The summed E-state index contributed by atoms with van der Waals surface area (Å²) < 4.78 is 13.1. The minimum absolute atomic E-state index is 0.000282. The molecular weight excluding hydrogens is 421 g/mol. The van der Waals surface area contributed by atoms with Crippen molar-refractivity contribution >= 4 is 17.6 Å². The van der Waals surface area contributed by atoms with Gasteiger partial charge in [-0.1, -0.05) is 27.2 Å². The van der Waals surface area contributed by atoms with Crippen LogP contribution >= 0.6 is 0 Å². The van der Waals surface area contributed by atoms with Crippen LogP contribution in [0.15, 0.2) is 36.4 Å². The third-order valence-corrected chi connectivity index (χ3v) is 5.88. The van der Waals surface area contributed by atoms with E-state index in [0.29, 0.717) is 31.9 Å². The molecule has 2 amide bonds. The van der Waals surface area contributed by atoms with Crippen molar-refractivity contribution in [2.75, 3.05) is 44.2 Å². The maximum atomic E-state index is 13.1. The summed E-state index contributed by atoms with van der Waals surface area (Å²) in [5.74, 6) is 0.388. The Kier molecular flexibility index (Phi) is 8.74. The van der Waals surface area contributed by atoms with Crippen molar-refractivity contribution in [2.45, 2.75) is 40.0 Å². The fraction of sp³-hybridized carbons (Fsp3) is 0.520. The van der Waals surface area contributed by atoms with Gasteiger partial charge in [0.25, 0.3) is 0 Å². The van der Waals surface area contributed by atoms with E-state index in [1.807, 2.05) is 30.9 Å². The van der Waals surface area contributed by atoms with E-state index in [0.717, 1.165) is 37.2 Å². The van der Waals surface area contributed by atoms with Crippen molar-refractivity contribution in [3.63, 3.8) is 0 Å². The molecule has 1 saturated heterocycles. The molecule has 0 spiro atoms. The molecule has 0 bridgehead atoms. The molecule has 2 aromatic rings. The average molecular weight is 456 g/mol. The highest BCUT2D eigenvalue weighted by Crippen LogP contribution is 2.20. The molecule has 0 radical (unpaired) electrons. The number of benzene rings is 1. The van der Waals surface area contributed by atoms with E-state index in [1.165, 1.54) is 12.1 Å². The molecule has 1 aromatic heterocycles. The predicted octanol–water partition coefficient (Wildman–Crippen LogP) is 3.61. The predicted molar refractivity (Wildman–Crippen MR) is 127 cm³/mol. The second-order valence-corrected chi connectivity index (χ2v) is 8.77. The Morgan fingerprint density at radius 3 is 2.42 bits per heavy atom. The zero-order valence-electron chi connectivity index (χ0n) is 19.8. The molecule has 3 rings (SSSR count). The number of unbranched alkanes of at least 4 members (excludes halogenated alkanes) is 1. The average Bonchev–Trinajstić information content (AvgIpc) is 3.08. The molecule has 33 heavy (non-hydrogen) atoms. The van der Waals surface area contributed by atoms with Gasteiger partial charge < -0.3 is 14.7 Å². The first-order valence-corrected chi connectivity index (χ1v) is 11.8. The number of rotatable bonds is 8. The summed E-state index contributed by atoms with van der Waals surface area (Å²) in [5.41, 5.74) is 1.50. The first-order valence-electron chi connectivity index (χ1n) is 11.8. The third-order valence-electron chi connectivity index (χ3n) is 5.88. The van der Waals surface area contributed by atoms with Gasteiger partial charge in [-0.05, 0) is 49.2 Å². The highest BCUT2D eigenvalue weighted by Gasteiger charge is 2.25. The smallest absolute Gasteiger partial charge is 0.242 e. The number of carbonyl (C=O) groups excluding carboxylic acids is 2. The lowest BCUT2D eigenvalue weighted by Crippen LogP contribution is -2.45. The van der Waals surface area contributed by atoms with Gasteiger partial charge in [-0.3, -0.25) is 9.59 Å². The summed E-state index contributed by atoms with van der Waals surface area (Å²) in [6.45, 7) is 9.26. The maximum absolute atomic E-state index is 13.1. The second kappa shape index (κ2) is 11.7. The number of aromatic nitrogens is 2. The molecular formula is C25H34FN5O2. The standard InChI is InChI=1S/C25H34FN5O2/c1-4-5-13-31(25(33)19(2)3)18-24(32)30-15-6-14-29(16-17-30)23-12-11-22(27-28-23)20-7-9-21(26)10-8-20/h7-12,19H,4-6,13-18H2,1-3H3. The molecule has 7 nitrogen and oxygen atoms in total. The Morgan fingerprint density at radius 2 is 1.79 bits per heavy atom. The van der Waals surface area contributed by atoms with E-state index in [2.05, 4.69) is 22.0 Å². The molecule has 2 heterocycles. The molecule has 0 N–H and O–H groups in total. The van der Waals surface area contributed by atoms with Crippen LogP contribution in [-0.2, 0) is 9.59 Å². The number of amides is 2. The van der Waals surface area contributed by atoms with E-state index >= 15 is 0 Å². The van der Waals surface area contributed by atoms with E-state index in [1.54, 1.807) is 17.0 Å². The van der Waals surface area contributed by atoms with Crippen LogP contribution in [0.1, 0.15) is 40.0 Å². The lowest BCUT2D eigenvalue weighted by atomic mass is 10.1. The first-order chi connectivity index (χ1) is 15.9. The van der Waals surface area contributed by atoms with Gasteiger partial charge in [0.05, 0.1) is 12.2 Å². The molecule has 0 atom stereocenters. The SMILES string of the molecule is CCCCN(CC(=O)N1CCCN(c2ccc(-c3ccc(F)cc3)nn2)CC1)C(=O)C(C)C. The van der Waals surface area contributed by atoms with Gasteiger partial charge in [-0.25, -0.2) is 4.39 Å². The van der Waals surface area contributed by atoms with E-state index in [9.17, 15) is 14.0 Å². The van der Waals surface area contributed by atoms with Gasteiger partial charge in [0, 0.05) is 44.2 Å². The zero-order chi connectivity index (χ0) is 23.8. The van der Waals surface area contributed by atoms with Crippen molar-refractivity contribution < 1.29 is 14.0 Å². The highest BCUT2D eigenvalue weighted by atomic mass is 19.1. The fourth-order valence-electron chi connectivity index (χ4n) is 3.91. The molecule has 0 unspecified atom stereocenters. The quantitative estimate of drug-likeness (QED) is 0.608. The number of hydrogen-bond donors (Lipinski definition) is 0. The van der Waals surface area contributed by atoms with Gasteiger partial charge in [0.1, 0.15) is 5.82 Å². The molecule has 178 valence electrons. The third kappa shape index (κ3) is 6.73. The topological polar surface area (TPSA) is 69.6 Å². The van der Waals surface area contributed by atoms with Crippen molar-refractivity contribution in [1.29, 1.82) is 0 Å². The zero-order valence-corrected chi connectivity index (χ0v) is 19.8. The van der Waals surface area contributed by atoms with Crippen LogP contribution in [0, 0.1) is 11.7 Å². The molecule has 1 aromatic carbocycles. The van der Waals surface area contributed by atoms with Crippen LogP contribution in [0.3, 0.4) is 0 Å². The van der Waals surface area contributed by atoms with Crippen LogP contribution in [0.25, 0.3) is 11.3 Å². The van der Waals surface area contributed by atoms with Crippen LogP contribution in [0.5, 0.6) is 0 Å². The van der Waals surface area contributed by atoms with Crippen LogP contribution < -0.4 is 4.90 Å². The normalized spacial score (nSPS) is 14.3. The number of anilines is 1. The minimum atomic E-state index is -0.283. The monoisotopic (exact) mass is 455 g/mol. The van der Waals surface area contributed by atoms with Crippen LogP contribution in [0.4, 0.5) is 10.2 Å². The second-order valence-electron chi connectivity index (χ2n) is 8.77. The van der Waals surface area contributed by atoms with E-state index < -0.39 is 0 Å². The largest absolute Gasteiger partial charge is 0.353 e. The molecule has 1 aliphatic heterocycles. The molecule has 0 saturated carbocycles. The summed E-state index contributed by atoms with van der Waals surface area (Å²) >= 11 is 0. The minimum Gasteiger partial charge on any atom is -0.353 e. The molecule has 1 fully saturated rings. The van der Waals surface area contributed by atoms with Crippen LogP contribution in [0.2, 0.25) is 0 Å². The van der Waals surface area contributed by atoms with Crippen molar-refractivity contribution in [1.82, 2.24) is 20.0 Å².